The minimum atomic E-state index is 0.911. The van der Waals surface area contributed by atoms with Gasteiger partial charge in [-0.1, -0.05) is 127 Å². The van der Waals surface area contributed by atoms with Crippen LogP contribution in [0.1, 0.15) is 0 Å². The second-order valence-corrected chi connectivity index (χ2v) is 8.94. The molecule has 6 aromatic carbocycles. The molecule has 0 atom stereocenters. The number of benzene rings is 6. The first-order chi connectivity index (χ1) is 17.4. The zero-order valence-corrected chi connectivity index (χ0v) is 19.1. The van der Waals surface area contributed by atoms with Crippen LogP contribution < -0.4 is 0 Å². The number of rotatable bonds is 3. The Morgan fingerprint density at radius 1 is 0.343 bits per heavy atom. The largest absolute Gasteiger partial charge is 0.455 e. The summed E-state index contributed by atoms with van der Waals surface area (Å²) >= 11 is 0. The van der Waals surface area contributed by atoms with Gasteiger partial charge >= 0.3 is 0 Å². The Morgan fingerprint density at radius 2 is 0.943 bits per heavy atom. The molecule has 1 nitrogen and oxygen atoms in total. The molecule has 35 heavy (non-hydrogen) atoms. The van der Waals surface area contributed by atoms with Crippen molar-refractivity contribution in [2.45, 2.75) is 0 Å². The zero-order valence-electron chi connectivity index (χ0n) is 19.1. The fraction of sp³-hybridized carbons (Fsp3) is 0. The summed E-state index contributed by atoms with van der Waals surface area (Å²) < 4.78 is 6.74. The van der Waals surface area contributed by atoms with Gasteiger partial charge in [-0.3, -0.25) is 0 Å². The summed E-state index contributed by atoms with van der Waals surface area (Å²) in [5.41, 5.74) is 4.55. The van der Waals surface area contributed by atoms with Crippen LogP contribution in [-0.4, -0.2) is 0 Å². The van der Waals surface area contributed by atoms with Crippen LogP contribution in [0.3, 0.4) is 0 Å². The SMILES string of the molecule is c1ccc(-c2ccccc2-c2oc(-c3ccc4c(ccc5ccccc54)c3)c3ccccc23)cc1. The Bertz CT molecular complexity index is 1840. The molecule has 0 aliphatic heterocycles. The molecular weight excluding hydrogens is 424 g/mol. The average Bonchev–Trinajstić information content (AvgIpc) is 3.33. The van der Waals surface area contributed by atoms with E-state index in [1.807, 2.05) is 0 Å². The molecule has 1 heteroatoms. The van der Waals surface area contributed by atoms with Crippen LogP contribution in [0.15, 0.2) is 138 Å². The first-order valence-corrected chi connectivity index (χ1v) is 11.9. The molecule has 0 unspecified atom stereocenters. The summed E-state index contributed by atoms with van der Waals surface area (Å²) in [7, 11) is 0. The number of hydrogen-bond donors (Lipinski definition) is 0. The molecule has 1 aromatic heterocycles. The molecule has 0 radical (unpaired) electrons. The highest BCUT2D eigenvalue weighted by atomic mass is 16.3. The normalized spacial score (nSPS) is 11.4. The molecule has 7 aromatic rings. The third-order valence-corrected chi connectivity index (χ3v) is 6.88. The van der Waals surface area contributed by atoms with E-state index in [1.165, 1.54) is 32.7 Å². The van der Waals surface area contributed by atoms with Crippen molar-refractivity contribution in [3.05, 3.63) is 133 Å². The van der Waals surface area contributed by atoms with Crippen molar-refractivity contribution in [2.75, 3.05) is 0 Å². The highest BCUT2D eigenvalue weighted by Crippen LogP contribution is 2.43. The molecule has 0 spiro atoms. The average molecular weight is 447 g/mol. The van der Waals surface area contributed by atoms with E-state index >= 15 is 0 Å². The summed E-state index contributed by atoms with van der Waals surface area (Å²) in [5, 5.41) is 7.27. The molecule has 0 aliphatic rings. The van der Waals surface area contributed by atoms with Crippen LogP contribution in [0.5, 0.6) is 0 Å². The van der Waals surface area contributed by atoms with Gasteiger partial charge in [0.05, 0.1) is 0 Å². The van der Waals surface area contributed by atoms with E-state index in [0.717, 1.165) is 33.4 Å². The molecular formula is C34H22O. The first kappa shape index (κ1) is 19.8. The maximum Gasteiger partial charge on any atom is 0.143 e. The third-order valence-electron chi connectivity index (χ3n) is 6.88. The van der Waals surface area contributed by atoms with Crippen molar-refractivity contribution in [3.8, 4) is 33.8 Å². The van der Waals surface area contributed by atoms with Crippen molar-refractivity contribution >= 4 is 32.3 Å². The zero-order chi connectivity index (χ0) is 23.2. The Balaban J connectivity index is 1.45. The topological polar surface area (TPSA) is 13.1 Å². The van der Waals surface area contributed by atoms with Crippen molar-refractivity contribution in [3.63, 3.8) is 0 Å². The van der Waals surface area contributed by atoms with Gasteiger partial charge < -0.3 is 4.42 Å². The second-order valence-electron chi connectivity index (χ2n) is 8.94. The van der Waals surface area contributed by atoms with Gasteiger partial charge in [0.1, 0.15) is 11.5 Å². The molecule has 0 amide bonds. The molecule has 0 saturated carbocycles. The van der Waals surface area contributed by atoms with E-state index in [4.69, 9.17) is 4.42 Å². The smallest absolute Gasteiger partial charge is 0.143 e. The van der Waals surface area contributed by atoms with Crippen molar-refractivity contribution in [1.29, 1.82) is 0 Å². The minimum absolute atomic E-state index is 0.911. The molecule has 0 saturated heterocycles. The molecule has 0 aliphatic carbocycles. The van der Waals surface area contributed by atoms with E-state index in [9.17, 15) is 0 Å². The predicted molar refractivity (Wildman–Crippen MR) is 148 cm³/mol. The first-order valence-electron chi connectivity index (χ1n) is 11.9. The maximum absolute atomic E-state index is 6.74. The van der Waals surface area contributed by atoms with E-state index in [2.05, 4.69) is 133 Å². The lowest BCUT2D eigenvalue weighted by atomic mass is 9.96. The van der Waals surface area contributed by atoms with Crippen LogP contribution in [0.25, 0.3) is 66.1 Å². The van der Waals surface area contributed by atoms with Crippen LogP contribution in [0.4, 0.5) is 0 Å². The van der Waals surface area contributed by atoms with Crippen LogP contribution in [-0.2, 0) is 0 Å². The van der Waals surface area contributed by atoms with Gasteiger partial charge in [0.25, 0.3) is 0 Å². The third kappa shape index (κ3) is 3.25. The Hall–Kier alpha value is -4.62. The van der Waals surface area contributed by atoms with E-state index in [1.54, 1.807) is 0 Å². The van der Waals surface area contributed by atoms with Gasteiger partial charge in [0.2, 0.25) is 0 Å². The number of furan rings is 1. The summed E-state index contributed by atoms with van der Waals surface area (Å²) in [5.74, 6) is 1.82. The lowest BCUT2D eigenvalue weighted by Crippen LogP contribution is -1.83. The van der Waals surface area contributed by atoms with Gasteiger partial charge in [-0.15, -0.1) is 0 Å². The van der Waals surface area contributed by atoms with Gasteiger partial charge in [-0.05, 0) is 38.7 Å². The molecule has 1 heterocycles. The minimum Gasteiger partial charge on any atom is -0.455 e. The van der Waals surface area contributed by atoms with Crippen LogP contribution in [0, 0.1) is 0 Å². The Morgan fingerprint density at radius 3 is 1.77 bits per heavy atom. The molecule has 0 N–H and O–H groups in total. The van der Waals surface area contributed by atoms with Crippen molar-refractivity contribution in [2.24, 2.45) is 0 Å². The number of hydrogen-bond acceptors (Lipinski definition) is 1. The van der Waals surface area contributed by atoms with Gasteiger partial charge in [-0.2, -0.15) is 0 Å². The highest BCUT2D eigenvalue weighted by molar-refractivity contribution is 6.10. The monoisotopic (exact) mass is 446 g/mol. The quantitative estimate of drug-likeness (QED) is 0.246. The Kier molecular flexibility index (Phi) is 4.53. The van der Waals surface area contributed by atoms with Crippen molar-refractivity contribution in [1.82, 2.24) is 0 Å². The fourth-order valence-electron chi connectivity index (χ4n) is 5.21. The van der Waals surface area contributed by atoms with Crippen LogP contribution in [0.2, 0.25) is 0 Å². The van der Waals surface area contributed by atoms with E-state index in [-0.39, 0.29) is 0 Å². The van der Waals surface area contributed by atoms with Gasteiger partial charge in [0.15, 0.2) is 0 Å². The van der Waals surface area contributed by atoms with E-state index < -0.39 is 0 Å². The second kappa shape index (κ2) is 8.00. The standard InChI is InChI=1S/C34H22O/c1-2-10-23(11-3-1)28-14-6-7-15-30(28)34-32-17-9-8-16-31(32)33(35-34)26-20-21-29-25(22-26)19-18-24-12-4-5-13-27(24)29/h1-22H. The molecule has 0 fully saturated rings. The Labute approximate surface area is 203 Å². The molecule has 7 rings (SSSR count). The van der Waals surface area contributed by atoms with Gasteiger partial charge in [0, 0.05) is 21.9 Å². The summed E-state index contributed by atoms with van der Waals surface area (Å²) in [6.07, 6.45) is 0. The number of fused-ring (bicyclic) bond motifs is 4. The summed E-state index contributed by atoms with van der Waals surface area (Å²) in [6, 6.07) is 47.1. The molecule has 164 valence electrons. The summed E-state index contributed by atoms with van der Waals surface area (Å²) in [6.45, 7) is 0. The fourth-order valence-corrected chi connectivity index (χ4v) is 5.21. The predicted octanol–water partition coefficient (Wildman–Crippen LogP) is 9.74. The molecule has 0 bridgehead atoms. The van der Waals surface area contributed by atoms with Crippen molar-refractivity contribution < 1.29 is 4.42 Å². The maximum atomic E-state index is 6.74. The van der Waals surface area contributed by atoms with Gasteiger partial charge in [-0.25, -0.2) is 0 Å². The lowest BCUT2D eigenvalue weighted by Gasteiger charge is -2.08. The lowest BCUT2D eigenvalue weighted by molar-refractivity contribution is 0.602. The van der Waals surface area contributed by atoms with Crippen LogP contribution >= 0.6 is 0 Å². The van der Waals surface area contributed by atoms with E-state index in [0.29, 0.717) is 0 Å². The highest BCUT2D eigenvalue weighted by Gasteiger charge is 2.19. The summed E-state index contributed by atoms with van der Waals surface area (Å²) in [4.78, 5) is 0.